The monoisotopic (exact) mass is 364 g/mol. The molecular weight excluding hydrogens is 342 g/mol. The van der Waals surface area contributed by atoms with Gasteiger partial charge in [-0.3, -0.25) is 4.79 Å². The first-order chi connectivity index (χ1) is 10.5. The Labute approximate surface area is 146 Å². The van der Waals surface area contributed by atoms with Gasteiger partial charge in [-0.15, -0.1) is 12.4 Å². The molecular formula is C16H23ClF2N2OS. The van der Waals surface area contributed by atoms with Gasteiger partial charge in [0.05, 0.1) is 0 Å². The zero-order valence-electron chi connectivity index (χ0n) is 13.1. The van der Waals surface area contributed by atoms with Gasteiger partial charge in [0.1, 0.15) is 0 Å². The summed E-state index contributed by atoms with van der Waals surface area (Å²) in [5.41, 5.74) is 0.651. The van der Waals surface area contributed by atoms with E-state index in [2.05, 4.69) is 17.6 Å². The van der Waals surface area contributed by atoms with E-state index in [0.29, 0.717) is 40.6 Å². The molecule has 0 radical (unpaired) electrons. The highest BCUT2D eigenvalue weighted by Gasteiger charge is 2.22. The summed E-state index contributed by atoms with van der Waals surface area (Å²) in [4.78, 5) is 12.6. The lowest BCUT2D eigenvalue weighted by atomic mass is 9.85. The molecule has 0 aromatic heterocycles. The van der Waals surface area contributed by atoms with Crippen molar-refractivity contribution in [2.24, 2.45) is 11.8 Å². The van der Waals surface area contributed by atoms with Crippen molar-refractivity contribution >= 4 is 35.8 Å². The number of rotatable bonds is 6. The van der Waals surface area contributed by atoms with Gasteiger partial charge in [-0.2, -0.15) is 8.78 Å². The molecule has 1 amide bonds. The lowest BCUT2D eigenvalue weighted by Crippen LogP contribution is -2.34. The quantitative estimate of drug-likeness (QED) is 0.735. The summed E-state index contributed by atoms with van der Waals surface area (Å²) >= 11 is 0.502. The van der Waals surface area contributed by atoms with E-state index in [9.17, 15) is 13.6 Å². The number of hydrogen-bond donors (Lipinski definition) is 2. The summed E-state index contributed by atoms with van der Waals surface area (Å²) in [6.07, 6.45) is 2.82. The zero-order valence-corrected chi connectivity index (χ0v) is 14.7. The zero-order chi connectivity index (χ0) is 15.9. The summed E-state index contributed by atoms with van der Waals surface area (Å²) in [5.74, 6) is -1.57. The van der Waals surface area contributed by atoms with Crippen LogP contribution in [0.2, 0.25) is 0 Å². The van der Waals surface area contributed by atoms with Gasteiger partial charge < -0.3 is 10.6 Å². The van der Waals surface area contributed by atoms with Crippen LogP contribution in [0.25, 0.3) is 0 Å². The van der Waals surface area contributed by atoms with E-state index in [1.165, 1.54) is 12.8 Å². The Morgan fingerprint density at radius 3 is 2.65 bits per heavy atom. The third-order valence-electron chi connectivity index (χ3n) is 4.01. The summed E-state index contributed by atoms with van der Waals surface area (Å²) in [7, 11) is 0. The van der Waals surface area contributed by atoms with Crippen molar-refractivity contribution in [1.29, 1.82) is 0 Å². The first kappa shape index (κ1) is 20.2. The van der Waals surface area contributed by atoms with E-state index in [-0.39, 0.29) is 18.3 Å². The topological polar surface area (TPSA) is 41.1 Å². The molecule has 1 fully saturated rings. The van der Waals surface area contributed by atoms with Gasteiger partial charge in [0.15, 0.2) is 0 Å². The lowest BCUT2D eigenvalue weighted by molar-refractivity contribution is -0.117. The van der Waals surface area contributed by atoms with Crippen molar-refractivity contribution in [3.05, 3.63) is 24.3 Å². The number of benzene rings is 1. The average Bonchev–Trinajstić information content (AvgIpc) is 2.49. The molecule has 1 aromatic carbocycles. The number of alkyl halides is 2. The molecule has 2 unspecified atom stereocenters. The molecule has 130 valence electrons. The SMILES string of the molecule is CC(CC(=O)Nc1ccc(SC(F)F)cc1)C1CCCNC1.Cl. The van der Waals surface area contributed by atoms with Crippen molar-refractivity contribution < 1.29 is 13.6 Å². The van der Waals surface area contributed by atoms with Crippen molar-refractivity contribution in [2.45, 2.75) is 36.8 Å². The predicted octanol–water partition coefficient (Wildman–Crippen LogP) is 4.39. The molecule has 2 atom stereocenters. The normalized spacial score (nSPS) is 19.0. The molecule has 2 rings (SSSR count). The largest absolute Gasteiger partial charge is 0.326 e. The summed E-state index contributed by atoms with van der Waals surface area (Å²) < 4.78 is 24.5. The van der Waals surface area contributed by atoms with Crippen LogP contribution in [-0.2, 0) is 4.79 Å². The first-order valence-corrected chi connectivity index (χ1v) is 8.48. The summed E-state index contributed by atoms with van der Waals surface area (Å²) in [6, 6.07) is 6.52. The minimum absolute atomic E-state index is 0. The Bertz CT molecular complexity index is 481. The number of hydrogen-bond acceptors (Lipinski definition) is 3. The molecule has 1 saturated heterocycles. The standard InChI is InChI=1S/C16H22F2N2OS.ClH/c1-11(12-3-2-8-19-10-12)9-15(21)20-13-4-6-14(7-5-13)22-16(17)18;/h4-7,11-12,16,19H,2-3,8-10H2,1H3,(H,20,21);1H. The molecule has 0 bridgehead atoms. The molecule has 7 heteroatoms. The second-order valence-electron chi connectivity index (χ2n) is 5.74. The molecule has 0 spiro atoms. The molecule has 0 aliphatic carbocycles. The predicted molar refractivity (Wildman–Crippen MR) is 93.6 cm³/mol. The third-order valence-corrected chi connectivity index (χ3v) is 4.73. The van der Waals surface area contributed by atoms with E-state index >= 15 is 0 Å². The van der Waals surface area contributed by atoms with Crippen molar-refractivity contribution in [3.8, 4) is 0 Å². The van der Waals surface area contributed by atoms with Crippen LogP contribution in [0.4, 0.5) is 14.5 Å². The molecule has 1 aliphatic rings. The molecule has 1 aromatic rings. The van der Waals surface area contributed by atoms with Gasteiger partial charge in [-0.25, -0.2) is 0 Å². The van der Waals surface area contributed by atoms with Crippen LogP contribution in [0.1, 0.15) is 26.2 Å². The van der Waals surface area contributed by atoms with Gasteiger partial charge in [-0.05, 0) is 62.0 Å². The lowest BCUT2D eigenvalue weighted by Gasteiger charge is -2.28. The number of piperidine rings is 1. The fourth-order valence-corrected chi connectivity index (χ4v) is 3.25. The van der Waals surface area contributed by atoms with Crippen LogP contribution < -0.4 is 10.6 Å². The van der Waals surface area contributed by atoms with Crippen molar-refractivity contribution in [2.75, 3.05) is 18.4 Å². The van der Waals surface area contributed by atoms with Gasteiger partial charge in [0.2, 0.25) is 5.91 Å². The van der Waals surface area contributed by atoms with Crippen LogP contribution >= 0.6 is 24.2 Å². The average molecular weight is 365 g/mol. The smallest absolute Gasteiger partial charge is 0.288 e. The number of amides is 1. The summed E-state index contributed by atoms with van der Waals surface area (Å²) in [5, 5.41) is 6.20. The van der Waals surface area contributed by atoms with Crippen molar-refractivity contribution in [3.63, 3.8) is 0 Å². The molecule has 1 aliphatic heterocycles. The van der Waals surface area contributed by atoms with Crippen LogP contribution in [0.15, 0.2) is 29.2 Å². The van der Waals surface area contributed by atoms with E-state index in [0.717, 1.165) is 13.1 Å². The Balaban J connectivity index is 0.00000264. The van der Waals surface area contributed by atoms with Crippen LogP contribution in [0.5, 0.6) is 0 Å². The van der Waals surface area contributed by atoms with Crippen LogP contribution in [0.3, 0.4) is 0 Å². The Morgan fingerprint density at radius 1 is 1.39 bits per heavy atom. The fraction of sp³-hybridized carbons (Fsp3) is 0.562. The Morgan fingerprint density at radius 2 is 2.09 bits per heavy atom. The molecule has 23 heavy (non-hydrogen) atoms. The number of anilines is 1. The van der Waals surface area contributed by atoms with Gasteiger partial charge in [-0.1, -0.05) is 18.7 Å². The van der Waals surface area contributed by atoms with E-state index in [1.54, 1.807) is 24.3 Å². The van der Waals surface area contributed by atoms with E-state index in [4.69, 9.17) is 0 Å². The Kier molecular flexibility index (Phi) is 8.87. The number of halogens is 3. The maximum Gasteiger partial charge on any atom is 0.288 e. The maximum absolute atomic E-state index is 12.2. The Hall–Kier alpha value is -0.850. The van der Waals surface area contributed by atoms with Gasteiger partial charge in [0, 0.05) is 17.0 Å². The molecule has 3 nitrogen and oxygen atoms in total. The highest BCUT2D eigenvalue weighted by Crippen LogP contribution is 2.27. The highest BCUT2D eigenvalue weighted by atomic mass is 35.5. The second kappa shape index (κ2) is 10.1. The van der Waals surface area contributed by atoms with Gasteiger partial charge in [0.25, 0.3) is 5.76 Å². The molecule has 0 saturated carbocycles. The fourth-order valence-electron chi connectivity index (χ4n) is 2.76. The number of carbonyl (C=O) groups excluding carboxylic acids is 1. The molecule has 1 heterocycles. The van der Waals surface area contributed by atoms with Crippen molar-refractivity contribution in [1.82, 2.24) is 5.32 Å². The van der Waals surface area contributed by atoms with Crippen LogP contribution in [-0.4, -0.2) is 24.8 Å². The molecule has 2 N–H and O–H groups in total. The number of carbonyl (C=O) groups is 1. The minimum atomic E-state index is -2.43. The second-order valence-corrected chi connectivity index (χ2v) is 6.80. The number of thioether (sulfide) groups is 1. The highest BCUT2D eigenvalue weighted by molar-refractivity contribution is 7.99. The van der Waals surface area contributed by atoms with Gasteiger partial charge >= 0.3 is 0 Å². The van der Waals surface area contributed by atoms with E-state index in [1.807, 2.05) is 0 Å². The minimum Gasteiger partial charge on any atom is -0.326 e. The van der Waals surface area contributed by atoms with E-state index < -0.39 is 5.76 Å². The number of nitrogens with one attached hydrogen (secondary N) is 2. The third kappa shape index (κ3) is 7.06. The first-order valence-electron chi connectivity index (χ1n) is 7.60. The summed E-state index contributed by atoms with van der Waals surface area (Å²) in [6.45, 7) is 4.16. The van der Waals surface area contributed by atoms with Crippen LogP contribution in [0, 0.1) is 11.8 Å². The maximum atomic E-state index is 12.2.